The number of benzene rings is 1. The first-order chi connectivity index (χ1) is 14.2. The highest BCUT2D eigenvalue weighted by Crippen LogP contribution is 2.37. The van der Waals surface area contributed by atoms with Gasteiger partial charge in [0.05, 0.1) is 22.6 Å². The molecule has 0 bridgehead atoms. The van der Waals surface area contributed by atoms with Gasteiger partial charge in [0.1, 0.15) is 23.3 Å². The summed E-state index contributed by atoms with van der Waals surface area (Å²) in [5.74, 6) is 0.413. The maximum atomic E-state index is 6.19. The molecule has 4 heterocycles. The molecule has 1 unspecified atom stereocenters. The molecule has 0 spiro atoms. The number of nitrogens with two attached hydrogens (primary N) is 1. The Morgan fingerprint density at radius 1 is 1.21 bits per heavy atom. The van der Waals surface area contributed by atoms with Crippen LogP contribution in [0.3, 0.4) is 0 Å². The highest BCUT2D eigenvalue weighted by molar-refractivity contribution is 9.10. The van der Waals surface area contributed by atoms with Crippen LogP contribution in [-0.4, -0.2) is 39.6 Å². The van der Waals surface area contributed by atoms with Gasteiger partial charge in [-0.25, -0.2) is 19.9 Å². The number of pyridine rings is 1. The lowest BCUT2D eigenvalue weighted by molar-refractivity contribution is 0.0275. The van der Waals surface area contributed by atoms with Crippen molar-refractivity contribution in [2.45, 2.75) is 6.10 Å². The largest absolute Gasteiger partial charge is 0.383 e. The van der Waals surface area contributed by atoms with Crippen molar-refractivity contribution in [2.24, 2.45) is 0 Å². The summed E-state index contributed by atoms with van der Waals surface area (Å²) >= 11 is 5.14. The molecule has 5 rings (SSSR count). The lowest BCUT2D eigenvalue weighted by Gasteiger charge is -2.21. The fourth-order valence-electron chi connectivity index (χ4n) is 3.38. The van der Waals surface area contributed by atoms with E-state index in [1.165, 1.54) is 6.33 Å². The zero-order valence-corrected chi connectivity index (χ0v) is 17.7. The van der Waals surface area contributed by atoms with Crippen molar-refractivity contribution in [1.29, 1.82) is 0 Å². The second kappa shape index (κ2) is 7.75. The predicted octanol–water partition coefficient (Wildman–Crippen LogP) is 3.82. The van der Waals surface area contributed by atoms with Crippen LogP contribution in [0.1, 0.15) is 11.1 Å². The summed E-state index contributed by atoms with van der Waals surface area (Å²) in [4.78, 5) is 18.8. The Morgan fingerprint density at radius 2 is 2.14 bits per heavy atom. The van der Waals surface area contributed by atoms with Gasteiger partial charge >= 0.3 is 0 Å². The molecule has 146 valence electrons. The maximum absolute atomic E-state index is 6.19. The molecule has 3 aromatic heterocycles. The monoisotopic (exact) mass is 468 g/mol. The number of rotatable bonds is 3. The Morgan fingerprint density at radius 3 is 2.97 bits per heavy atom. The van der Waals surface area contributed by atoms with Gasteiger partial charge in [-0.1, -0.05) is 28.1 Å². The van der Waals surface area contributed by atoms with Crippen LogP contribution in [0.15, 0.2) is 47.3 Å². The second-order valence-corrected chi connectivity index (χ2v) is 8.63. The van der Waals surface area contributed by atoms with Crippen molar-refractivity contribution < 1.29 is 4.74 Å². The fraction of sp³-hybridized carbons (Fsp3) is 0.200. The number of halogens is 1. The van der Waals surface area contributed by atoms with Crippen molar-refractivity contribution in [2.75, 3.05) is 25.4 Å². The number of hydrogen-bond acceptors (Lipinski definition) is 8. The Bertz CT molecular complexity index is 1190. The summed E-state index contributed by atoms with van der Waals surface area (Å²) in [5.41, 5.74) is 9.51. The van der Waals surface area contributed by atoms with Crippen molar-refractivity contribution in [3.05, 3.63) is 52.3 Å². The van der Waals surface area contributed by atoms with Gasteiger partial charge in [-0.2, -0.15) is 0 Å². The topological polar surface area (TPSA) is 98.8 Å². The van der Waals surface area contributed by atoms with E-state index in [4.69, 9.17) is 15.5 Å². The number of anilines is 1. The standard InChI is InChI=1S/C20H17BrN6OS/c21-12-3-1-2-11(6-12)13-7-14(27-19-17(13)18(22)25-10-26-19)16-9-24-20(29-16)15-8-23-4-5-28-15/h1-3,6-7,9-10,15,23H,4-5,8H2,(H2,22,25,26,27). The number of ether oxygens (including phenoxy) is 1. The zero-order chi connectivity index (χ0) is 19.8. The summed E-state index contributed by atoms with van der Waals surface area (Å²) in [5, 5.41) is 5.03. The average Bonchev–Trinajstić information content (AvgIpc) is 3.24. The third-order valence-electron chi connectivity index (χ3n) is 4.75. The van der Waals surface area contributed by atoms with E-state index in [2.05, 4.69) is 36.2 Å². The molecule has 0 aliphatic carbocycles. The molecule has 1 aliphatic heterocycles. The summed E-state index contributed by atoms with van der Waals surface area (Å²) in [7, 11) is 0. The molecule has 1 aromatic carbocycles. The molecule has 1 atom stereocenters. The van der Waals surface area contributed by atoms with Crippen LogP contribution in [0, 0.1) is 0 Å². The number of nitrogens with one attached hydrogen (secondary N) is 1. The van der Waals surface area contributed by atoms with Gasteiger partial charge in [-0.3, -0.25) is 0 Å². The highest BCUT2D eigenvalue weighted by atomic mass is 79.9. The number of thiazole rings is 1. The molecule has 9 heteroatoms. The molecule has 0 amide bonds. The van der Waals surface area contributed by atoms with Crippen LogP contribution >= 0.6 is 27.3 Å². The van der Waals surface area contributed by atoms with Crippen molar-refractivity contribution >= 4 is 44.1 Å². The molecule has 1 fully saturated rings. The van der Waals surface area contributed by atoms with Crippen LogP contribution in [0.5, 0.6) is 0 Å². The number of hydrogen-bond donors (Lipinski definition) is 2. The van der Waals surface area contributed by atoms with Crippen LogP contribution in [-0.2, 0) is 4.74 Å². The Kier molecular flexibility index (Phi) is 4.96. The van der Waals surface area contributed by atoms with E-state index in [-0.39, 0.29) is 6.10 Å². The minimum Gasteiger partial charge on any atom is -0.383 e. The molecule has 4 aromatic rings. The molecular formula is C20H17BrN6OS. The minimum absolute atomic E-state index is 0.0227. The quantitative estimate of drug-likeness (QED) is 0.471. The number of fused-ring (bicyclic) bond motifs is 1. The molecule has 0 saturated carbocycles. The lowest BCUT2D eigenvalue weighted by atomic mass is 10.0. The summed E-state index contributed by atoms with van der Waals surface area (Å²) in [6, 6.07) is 10.1. The van der Waals surface area contributed by atoms with Gasteiger partial charge in [0.15, 0.2) is 5.65 Å². The highest BCUT2D eigenvalue weighted by Gasteiger charge is 2.21. The zero-order valence-electron chi connectivity index (χ0n) is 15.3. The average molecular weight is 469 g/mol. The van der Waals surface area contributed by atoms with Crippen molar-refractivity contribution in [3.8, 4) is 21.7 Å². The number of morpholine rings is 1. The molecule has 29 heavy (non-hydrogen) atoms. The van der Waals surface area contributed by atoms with Crippen LogP contribution in [0.4, 0.5) is 5.82 Å². The van der Waals surface area contributed by atoms with E-state index in [1.807, 2.05) is 36.5 Å². The van der Waals surface area contributed by atoms with Gasteiger partial charge < -0.3 is 15.8 Å². The number of nitrogen functional groups attached to an aromatic ring is 1. The van der Waals surface area contributed by atoms with E-state index >= 15 is 0 Å². The van der Waals surface area contributed by atoms with Gasteiger partial charge in [0.2, 0.25) is 0 Å². The first-order valence-corrected chi connectivity index (χ1v) is 10.8. The molecule has 1 saturated heterocycles. The Balaban J connectivity index is 1.65. The third kappa shape index (κ3) is 3.62. The van der Waals surface area contributed by atoms with Gasteiger partial charge in [-0.05, 0) is 29.3 Å². The van der Waals surface area contributed by atoms with E-state index in [0.717, 1.165) is 49.7 Å². The van der Waals surface area contributed by atoms with E-state index in [0.29, 0.717) is 18.1 Å². The summed E-state index contributed by atoms with van der Waals surface area (Å²) in [6.45, 7) is 2.33. The van der Waals surface area contributed by atoms with Crippen molar-refractivity contribution in [1.82, 2.24) is 25.3 Å². The van der Waals surface area contributed by atoms with Crippen molar-refractivity contribution in [3.63, 3.8) is 0 Å². The second-order valence-electron chi connectivity index (χ2n) is 6.65. The lowest BCUT2D eigenvalue weighted by Crippen LogP contribution is -2.33. The van der Waals surface area contributed by atoms with Crippen LogP contribution in [0.25, 0.3) is 32.7 Å². The van der Waals surface area contributed by atoms with Crippen LogP contribution in [0.2, 0.25) is 0 Å². The number of nitrogens with zero attached hydrogens (tertiary/aromatic N) is 4. The third-order valence-corrected chi connectivity index (χ3v) is 6.35. The van der Waals surface area contributed by atoms with Gasteiger partial charge in [0.25, 0.3) is 0 Å². The first-order valence-electron chi connectivity index (χ1n) is 9.14. The summed E-state index contributed by atoms with van der Waals surface area (Å²) in [6.07, 6.45) is 3.27. The molecule has 7 nitrogen and oxygen atoms in total. The van der Waals surface area contributed by atoms with Gasteiger partial charge in [0, 0.05) is 23.8 Å². The van der Waals surface area contributed by atoms with E-state index in [9.17, 15) is 0 Å². The SMILES string of the molecule is Nc1ncnc2nc(-c3cnc(C4CNCCO4)s3)cc(-c3cccc(Br)c3)c12. The molecule has 0 radical (unpaired) electrons. The maximum Gasteiger partial charge on any atom is 0.165 e. The normalized spacial score (nSPS) is 16.9. The summed E-state index contributed by atoms with van der Waals surface area (Å²) < 4.78 is 6.81. The molecule has 3 N–H and O–H groups in total. The van der Waals surface area contributed by atoms with E-state index in [1.54, 1.807) is 11.3 Å². The van der Waals surface area contributed by atoms with Crippen LogP contribution < -0.4 is 11.1 Å². The molecule has 1 aliphatic rings. The Labute approximate surface area is 179 Å². The number of aromatic nitrogens is 4. The minimum atomic E-state index is -0.0227. The van der Waals surface area contributed by atoms with Gasteiger partial charge in [-0.15, -0.1) is 11.3 Å². The molecular weight excluding hydrogens is 452 g/mol. The smallest absolute Gasteiger partial charge is 0.165 e. The fourth-order valence-corrected chi connectivity index (χ4v) is 4.70. The van der Waals surface area contributed by atoms with E-state index < -0.39 is 0 Å². The Hall–Kier alpha value is -2.46. The predicted molar refractivity (Wildman–Crippen MR) is 118 cm³/mol. The first kappa shape index (κ1) is 18.6.